The van der Waals surface area contributed by atoms with Crippen molar-refractivity contribution < 1.29 is 33.6 Å². The minimum Gasteiger partial charge on any atom is -0.507 e. The summed E-state index contributed by atoms with van der Waals surface area (Å²) in [6, 6.07) is 13.0. The number of benzene rings is 2. The first-order chi connectivity index (χ1) is 19.0. The molecule has 2 aromatic carbocycles. The average Bonchev–Trinajstić information content (AvgIpc) is 3.21. The van der Waals surface area contributed by atoms with Crippen LogP contribution in [0.4, 0.5) is 0 Å². The van der Waals surface area contributed by atoms with Crippen LogP contribution >= 0.6 is 0 Å². The van der Waals surface area contributed by atoms with E-state index in [0.29, 0.717) is 60.6 Å². The number of aromatic nitrogens is 1. The normalized spacial score (nSPS) is 17.8. The number of aliphatic hydroxyl groups is 1. The van der Waals surface area contributed by atoms with Crippen molar-refractivity contribution in [2.24, 2.45) is 0 Å². The number of fused-ring (bicyclic) bond motifs is 1. The van der Waals surface area contributed by atoms with Crippen molar-refractivity contribution in [3.8, 4) is 23.0 Å². The summed E-state index contributed by atoms with van der Waals surface area (Å²) in [5.74, 6) is 0.284. The zero-order valence-electron chi connectivity index (χ0n) is 21.9. The molecular weight excluding hydrogens is 500 g/mol. The van der Waals surface area contributed by atoms with Gasteiger partial charge in [-0.25, -0.2) is 0 Å². The molecule has 1 N–H and O–H groups in total. The van der Waals surface area contributed by atoms with Gasteiger partial charge in [-0.15, -0.1) is 0 Å². The van der Waals surface area contributed by atoms with Crippen LogP contribution in [0, 0.1) is 0 Å². The lowest BCUT2D eigenvalue weighted by atomic mass is 9.94. The molecule has 2 aliphatic rings. The molecule has 0 bridgehead atoms. The average molecular weight is 531 g/mol. The summed E-state index contributed by atoms with van der Waals surface area (Å²) in [7, 11) is 0. The van der Waals surface area contributed by atoms with E-state index in [1.165, 1.54) is 4.90 Å². The SMILES string of the molecule is CCCOc1ccc([C@@H]2C(=C(O)c3ccc4c(c3)OCCO4)C(=O)C(=O)N2Cc2cccnc2)cc1OCC. The number of rotatable bonds is 9. The van der Waals surface area contributed by atoms with E-state index >= 15 is 0 Å². The van der Waals surface area contributed by atoms with E-state index in [-0.39, 0.29) is 17.9 Å². The van der Waals surface area contributed by atoms with Crippen molar-refractivity contribution in [1.82, 2.24) is 9.88 Å². The lowest BCUT2D eigenvalue weighted by Crippen LogP contribution is -2.29. The van der Waals surface area contributed by atoms with Gasteiger partial charge in [-0.2, -0.15) is 0 Å². The van der Waals surface area contributed by atoms with Gasteiger partial charge < -0.3 is 29.0 Å². The second-order valence-electron chi connectivity index (χ2n) is 9.13. The van der Waals surface area contributed by atoms with Gasteiger partial charge in [0.1, 0.15) is 19.0 Å². The summed E-state index contributed by atoms with van der Waals surface area (Å²) in [5, 5.41) is 11.5. The largest absolute Gasteiger partial charge is 0.507 e. The molecule has 9 heteroatoms. The molecular formula is C30H30N2O7. The Hall–Kier alpha value is -4.53. The van der Waals surface area contributed by atoms with Gasteiger partial charge >= 0.3 is 0 Å². The third-order valence-corrected chi connectivity index (χ3v) is 6.48. The Bertz CT molecular complexity index is 1400. The smallest absolute Gasteiger partial charge is 0.295 e. The molecule has 0 aliphatic carbocycles. The number of carbonyl (C=O) groups excluding carboxylic acids is 2. The van der Waals surface area contributed by atoms with Gasteiger partial charge in [0.25, 0.3) is 11.7 Å². The number of likely N-dealkylation sites (tertiary alicyclic amines) is 1. The van der Waals surface area contributed by atoms with Crippen molar-refractivity contribution >= 4 is 17.4 Å². The number of ketones is 1. The standard InChI is InChI=1S/C30H30N2O7/c1-3-12-37-22-9-7-20(15-24(22)36-4-2)27-26(28(33)21-8-10-23-25(16-21)39-14-13-38-23)29(34)30(35)32(27)18-19-6-5-11-31-17-19/h5-11,15-17,27,33H,3-4,12-14,18H2,1-2H3/t27-/m1/s1. The van der Waals surface area contributed by atoms with Gasteiger partial charge in [-0.05, 0) is 60.9 Å². The third-order valence-electron chi connectivity index (χ3n) is 6.48. The van der Waals surface area contributed by atoms with Crippen LogP contribution in [0.5, 0.6) is 23.0 Å². The molecule has 0 radical (unpaired) electrons. The Labute approximate surface area is 226 Å². The number of hydrogen-bond acceptors (Lipinski definition) is 8. The molecule has 1 fully saturated rings. The first-order valence-electron chi connectivity index (χ1n) is 13.0. The zero-order chi connectivity index (χ0) is 27.4. The minimum absolute atomic E-state index is 0.0229. The molecule has 0 saturated carbocycles. The monoisotopic (exact) mass is 530 g/mol. The molecule has 5 rings (SSSR count). The van der Waals surface area contributed by atoms with Gasteiger partial charge in [0.2, 0.25) is 0 Å². The minimum atomic E-state index is -0.877. The molecule has 1 aromatic heterocycles. The highest BCUT2D eigenvalue weighted by Crippen LogP contribution is 2.43. The van der Waals surface area contributed by atoms with Crippen LogP contribution in [0.15, 0.2) is 66.5 Å². The molecule has 3 heterocycles. The lowest BCUT2D eigenvalue weighted by Gasteiger charge is -2.26. The molecule has 9 nitrogen and oxygen atoms in total. The Morgan fingerprint density at radius 1 is 1.03 bits per heavy atom. The molecule has 39 heavy (non-hydrogen) atoms. The van der Waals surface area contributed by atoms with Crippen LogP contribution in [0.2, 0.25) is 0 Å². The number of Topliss-reactive ketones (excluding diaryl/α,β-unsaturated/α-hetero) is 1. The molecule has 2 aliphatic heterocycles. The number of carbonyl (C=O) groups is 2. The number of pyridine rings is 1. The number of amides is 1. The molecule has 1 amide bonds. The fourth-order valence-electron chi connectivity index (χ4n) is 4.72. The summed E-state index contributed by atoms with van der Waals surface area (Å²) in [6.45, 7) is 5.73. The first kappa shape index (κ1) is 26.1. The Morgan fingerprint density at radius 3 is 2.59 bits per heavy atom. The van der Waals surface area contributed by atoms with Crippen LogP contribution in [0.25, 0.3) is 5.76 Å². The van der Waals surface area contributed by atoms with Crippen molar-refractivity contribution in [1.29, 1.82) is 0 Å². The Kier molecular flexibility index (Phi) is 7.67. The van der Waals surface area contributed by atoms with Crippen LogP contribution < -0.4 is 18.9 Å². The van der Waals surface area contributed by atoms with E-state index in [9.17, 15) is 14.7 Å². The van der Waals surface area contributed by atoms with E-state index in [1.807, 2.05) is 19.9 Å². The fourth-order valence-corrected chi connectivity index (χ4v) is 4.72. The third kappa shape index (κ3) is 5.25. The maximum atomic E-state index is 13.5. The maximum absolute atomic E-state index is 13.5. The van der Waals surface area contributed by atoms with Crippen LogP contribution in [0.1, 0.15) is 43.0 Å². The fraction of sp³-hybridized carbons (Fsp3) is 0.300. The Balaban J connectivity index is 1.63. The van der Waals surface area contributed by atoms with Crippen molar-refractivity contribution in [2.45, 2.75) is 32.9 Å². The maximum Gasteiger partial charge on any atom is 0.295 e. The number of nitrogens with zero attached hydrogens (tertiary/aromatic N) is 2. The molecule has 3 aromatic rings. The van der Waals surface area contributed by atoms with E-state index in [4.69, 9.17) is 18.9 Å². The number of aliphatic hydroxyl groups excluding tert-OH is 1. The predicted octanol–water partition coefficient (Wildman–Crippen LogP) is 4.66. The van der Waals surface area contributed by atoms with Gasteiger partial charge in [0, 0.05) is 24.5 Å². The van der Waals surface area contributed by atoms with E-state index in [1.54, 1.807) is 54.9 Å². The number of hydrogen-bond donors (Lipinski definition) is 1. The highest BCUT2D eigenvalue weighted by atomic mass is 16.6. The van der Waals surface area contributed by atoms with Gasteiger partial charge in [-0.3, -0.25) is 14.6 Å². The van der Waals surface area contributed by atoms with Gasteiger partial charge in [0.05, 0.1) is 24.8 Å². The summed E-state index contributed by atoms with van der Waals surface area (Å²) in [6.07, 6.45) is 4.11. The van der Waals surface area contributed by atoms with Crippen LogP contribution in [-0.2, 0) is 16.1 Å². The predicted molar refractivity (Wildman–Crippen MR) is 143 cm³/mol. The van der Waals surface area contributed by atoms with E-state index in [2.05, 4.69) is 4.98 Å². The molecule has 0 unspecified atom stereocenters. The first-order valence-corrected chi connectivity index (χ1v) is 13.0. The van der Waals surface area contributed by atoms with Crippen LogP contribution in [0.3, 0.4) is 0 Å². The van der Waals surface area contributed by atoms with Crippen molar-refractivity contribution in [3.63, 3.8) is 0 Å². The van der Waals surface area contributed by atoms with E-state index in [0.717, 1.165) is 12.0 Å². The highest BCUT2D eigenvalue weighted by molar-refractivity contribution is 6.46. The molecule has 1 saturated heterocycles. The topological polar surface area (TPSA) is 107 Å². The van der Waals surface area contributed by atoms with Gasteiger partial charge in [0.15, 0.2) is 23.0 Å². The van der Waals surface area contributed by atoms with Gasteiger partial charge in [-0.1, -0.05) is 19.1 Å². The summed E-state index contributed by atoms with van der Waals surface area (Å²) in [5.41, 5.74) is 1.67. The van der Waals surface area contributed by atoms with Crippen molar-refractivity contribution in [3.05, 3.63) is 83.2 Å². The molecule has 0 spiro atoms. The molecule has 1 atom stereocenters. The molecule has 202 valence electrons. The van der Waals surface area contributed by atoms with Crippen molar-refractivity contribution in [2.75, 3.05) is 26.4 Å². The summed E-state index contributed by atoms with van der Waals surface area (Å²) in [4.78, 5) is 32.5. The lowest BCUT2D eigenvalue weighted by molar-refractivity contribution is -0.140. The zero-order valence-corrected chi connectivity index (χ0v) is 21.9. The quantitative estimate of drug-likeness (QED) is 0.242. The second kappa shape index (κ2) is 11.5. The highest BCUT2D eigenvalue weighted by Gasteiger charge is 2.46. The van der Waals surface area contributed by atoms with E-state index < -0.39 is 17.7 Å². The Morgan fingerprint density at radius 2 is 1.85 bits per heavy atom. The van der Waals surface area contributed by atoms with Crippen LogP contribution in [-0.4, -0.2) is 53.1 Å². The second-order valence-corrected chi connectivity index (χ2v) is 9.13. The summed E-state index contributed by atoms with van der Waals surface area (Å²) >= 11 is 0. The summed E-state index contributed by atoms with van der Waals surface area (Å²) < 4.78 is 23.0. The number of ether oxygens (including phenoxy) is 4.